The van der Waals surface area contributed by atoms with E-state index < -0.39 is 11.7 Å². The van der Waals surface area contributed by atoms with Crippen molar-refractivity contribution in [3.8, 4) is 28.5 Å². The molecule has 3 aromatic carbocycles. The van der Waals surface area contributed by atoms with Crippen LogP contribution in [0.5, 0.6) is 17.4 Å². The summed E-state index contributed by atoms with van der Waals surface area (Å²) in [5.74, 6) is -0.147. The van der Waals surface area contributed by atoms with Crippen LogP contribution in [0.2, 0.25) is 0 Å². The molecular weight excluding hydrogens is 551 g/mol. The number of halogens is 1. The number of ether oxygens (including phenoxy) is 2. The number of pyridine rings is 2. The van der Waals surface area contributed by atoms with Gasteiger partial charge in [0, 0.05) is 42.1 Å². The number of aromatic nitrogens is 2. The Labute approximate surface area is 247 Å². The van der Waals surface area contributed by atoms with Crippen LogP contribution in [0.4, 0.5) is 4.39 Å². The van der Waals surface area contributed by atoms with Gasteiger partial charge in [-0.25, -0.2) is 9.37 Å². The van der Waals surface area contributed by atoms with Crippen LogP contribution in [0.3, 0.4) is 0 Å². The maximum Gasteiger partial charge on any atom is 0.257 e. The van der Waals surface area contributed by atoms with Gasteiger partial charge in [0.1, 0.15) is 29.4 Å². The molecule has 2 heterocycles. The first-order chi connectivity index (χ1) is 20.9. The van der Waals surface area contributed by atoms with Crippen LogP contribution in [0.25, 0.3) is 11.1 Å². The van der Waals surface area contributed by atoms with Gasteiger partial charge in [-0.2, -0.15) is 4.73 Å². The summed E-state index contributed by atoms with van der Waals surface area (Å²) in [6, 6.07) is 26.5. The molecule has 0 aliphatic heterocycles. The summed E-state index contributed by atoms with van der Waals surface area (Å²) in [4.78, 5) is 29.6. The number of methoxy groups -OCH3 is 1. The number of nitrogens with one attached hydrogen (secondary N) is 2. The van der Waals surface area contributed by atoms with Crippen molar-refractivity contribution in [2.24, 2.45) is 0 Å². The van der Waals surface area contributed by atoms with Gasteiger partial charge in [-0.05, 0) is 59.7 Å². The topological polar surface area (TPSA) is 116 Å². The number of carbonyl (C=O) groups is 2. The molecule has 0 radical (unpaired) electrons. The normalized spacial score (nSPS) is 10.6. The van der Waals surface area contributed by atoms with E-state index in [9.17, 15) is 14.8 Å². The first kappa shape index (κ1) is 28.7. The first-order valence-electron chi connectivity index (χ1n) is 13.3. The van der Waals surface area contributed by atoms with E-state index in [1.807, 2.05) is 0 Å². The third kappa shape index (κ3) is 7.12. The largest absolute Gasteiger partial charge is 0.618 e. The number of carbonyl (C=O) groups excluding carboxylic acids is 2. The predicted octanol–water partition coefficient (Wildman–Crippen LogP) is 5.18. The Bertz CT molecular complexity index is 1760. The second-order valence-electron chi connectivity index (χ2n) is 9.40. The average molecular weight is 579 g/mol. The Kier molecular flexibility index (Phi) is 8.87. The Morgan fingerprint density at radius 1 is 0.837 bits per heavy atom. The molecule has 2 amide bonds. The minimum Gasteiger partial charge on any atom is -0.618 e. The van der Waals surface area contributed by atoms with Gasteiger partial charge in [-0.15, -0.1) is 0 Å². The SMILES string of the molecule is COc1cccc(Oc2ncccc2C(=O)NCc2ccc(-c3ccc(C(=O)NCc4cccc[n+]4[O-])cc3)cc2F)c1. The molecule has 2 aromatic heterocycles. The zero-order valence-corrected chi connectivity index (χ0v) is 23.1. The molecule has 5 rings (SSSR count). The maximum atomic E-state index is 15.0. The molecule has 2 N–H and O–H groups in total. The summed E-state index contributed by atoms with van der Waals surface area (Å²) in [6.07, 6.45) is 2.88. The monoisotopic (exact) mass is 578 g/mol. The molecule has 5 aromatic rings. The van der Waals surface area contributed by atoms with E-state index in [0.29, 0.717) is 44.2 Å². The van der Waals surface area contributed by atoms with Crippen molar-refractivity contribution in [1.82, 2.24) is 15.6 Å². The lowest BCUT2D eigenvalue weighted by molar-refractivity contribution is -0.614. The summed E-state index contributed by atoms with van der Waals surface area (Å²) in [6.45, 7) is 0.0356. The number of benzene rings is 3. The summed E-state index contributed by atoms with van der Waals surface area (Å²) < 4.78 is 26.7. The van der Waals surface area contributed by atoms with Crippen LogP contribution in [0, 0.1) is 11.0 Å². The minimum atomic E-state index is -0.493. The number of nitrogens with zero attached hydrogens (tertiary/aromatic N) is 2. The fourth-order valence-electron chi connectivity index (χ4n) is 4.25. The lowest BCUT2D eigenvalue weighted by Crippen LogP contribution is -2.35. The Hall–Kier alpha value is -5.77. The summed E-state index contributed by atoms with van der Waals surface area (Å²) in [5, 5.41) is 17.2. The van der Waals surface area contributed by atoms with Gasteiger partial charge in [0.2, 0.25) is 11.6 Å². The highest BCUT2D eigenvalue weighted by Gasteiger charge is 2.16. The molecule has 9 nitrogen and oxygen atoms in total. The van der Waals surface area contributed by atoms with Crippen molar-refractivity contribution in [2.45, 2.75) is 13.1 Å². The third-order valence-electron chi connectivity index (χ3n) is 6.58. The summed E-state index contributed by atoms with van der Waals surface area (Å²) >= 11 is 0. The van der Waals surface area contributed by atoms with Crippen LogP contribution < -0.4 is 24.8 Å². The molecule has 0 aliphatic rings. The Morgan fingerprint density at radius 2 is 1.60 bits per heavy atom. The molecule has 43 heavy (non-hydrogen) atoms. The lowest BCUT2D eigenvalue weighted by atomic mass is 10.0. The number of rotatable bonds is 10. The van der Waals surface area contributed by atoms with Gasteiger partial charge >= 0.3 is 0 Å². The Morgan fingerprint density at radius 3 is 2.37 bits per heavy atom. The predicted molar refractivity (Wildman–Crippen MR) is 157 cm³/mol. The van der Waals surface area contributed by atoms with Gasteiger partial charge in [0.15, 0.2) is 6.20 Å². The van der Waals surface area contributed by atoms with E-state index in [2.05, 4.69) is 15.6 Å². The van der Waals surface area contributed by atoms with Crippen LogP contribution in [-0.2, 0) is 13.1 Å². The number of hydrogen-bond acceptors (Lipinski definition) is 6. The van der Waals surface area contributed by atoms with E-state index in [-0.39, 0.29) is 30.4 Å². The van der Waals surface area contributed by atoms with E-state index in [0.717, 1.165) is 0 Å². The van der Waals surface area contributed by atoms with E-state index in [1.165, 1.54) is 18.5 Å². The fourth-order valence-corrected chi connectivity index (χ4v) is 4.25. The van der Waals surface area contributed by atoms with Gasteiger partial charge in [-0.1, -0.05) is 30.3 Å². The zero-order chi connectivity index (χ0) is 30.2. The molecule has 0 spiro atoms. The van der Waals surface area contributed by atoms with Crippen molar-refractivity contribution < 1.29 is 28.2 Å². The molecule has 0 aliphatic carbocycles. The molecule has 10 heteroatoms. The zero-order valence-electron chi connectivity index (χ0n) is 23.1. The molecule has 0 saturated heterocycles. The third-order valence-corrected chi connectivity index (χ3v) is 6.58. The van der Waals surface area contributed by atoms with Crippen molar-refractivity contribution in [1.29, 1.82) is 0 Å². The average Bonchev–Trinajstić information content (AvgIpc) is 3.04. The first-order valence-corrected chi connectivity index (χ1v) is 13.3. The van der Waals surface area contributed by atoms with Gasteiger partial charge in [-0.3, -0.25) is 9.59 Å². The molecular formula is C33H27FN4O5. The van der Waals surface area contributed by atoms with Gasteiger partial charge < -0.3 is 25.3 Å². The minimum absolute atomic E-state index is 0.0532. The van der Waals surface area contributed by atoms with Crippen LogP contribution in [0.15, 0.2) is 109 Å². The lowest BCUT2D eigenvalue weighted by Gasteiger charge is -2.12. The molecule has 216 valence electrons. The standard InChI is InChI=1S/C33H27FN4O5/c1-42-27-7-4-8-28(19-27)43-33-29(9-5-16-35-33)32(40)36-20-25-15-14-24(18-30(25)34)22-10-12-23(13-11-22)31(39)37-21-26-6-2-3-17-38(26)41/h2-19H,20-21H2,1H3,(H,36,40)(H,37,39). The Balaban J connectivity index is 1.20. The molecule has 0 saturated carbocycles. The van der Waals surface area contributed by atoms with E-state index >= 15 is 4.39 Å². The maximum absolute atomic E-state index is 15.0. The molecule has 0 atom stereocenters. The molecule has 0 unspecified atom stereocenters. The van der Waals surface area contributed by atoms with E-state index in [4.69, 9.17) is 9.47 Å². The summed E-state index contributed by atoms with van der Waals surface area (Å²) in [7, 11) is 1.54. The highest BCUT2D eigenvalue weighted by molar-refractivity contribution is 5.96. The van der Waals surface area contributed by atoms with Crippen molar-refractivity contribution in [3.63, 3.8) is 0 Å². The van der Waals surface area contributed by atoms with E-state index in [1.54, 1.807) is 98.1 Å². The van der Waals surface area contributed by atoms with Crippen LogP contribution in [0.1, 0.15) is 32.0 Å². The molecule has 0 fully saturated rings. The van der Waals surface area contributed by atoms with Crippen molar-refractivity contribution in [3.05, 3.63) is 143 Å². The van der Waals surface area contributed by atoms with Crippen LogP contribution >= 0.6 is 0 Å². The number of amides is 2. The van der Waals surface area contributed by atoms with Crippen LogP contribution in [-0.4, -0.2) is 23.9 Å². The van der Waals surface area contributed by atoms with Crippen molar-refractivity contribution in [2.75, 3.05) is 7.11 Å². The van der Waals surface area contributed by atoms with Gasteiger partial charge in [0.25, 0.3) is 11.8 Å². The second-order valence-corrected chi connectivity index (χ2v) is 9.40. The molecule has 0 bridgehead atoms. The quantitative estimate of drug-likeness (QED) is 0.174. The summed E-state index contributed by atoms with van der Waals surface area (Å²) in [5.41, 5.74) is 2.63. The highest BCUT2D eigenvalue weighted by atomic mass is 19.1. The number of hydrogen-bond donors (Lipinski definition) is 2. The highest BCUT2D eigenvalue weighted by Crippen LogP contribution is 2.27. The fraction of sp³-hybridized carbons (Fsp3) is 0.0909. The second kappa shape index (κ2) is 13.3. The van der Waals surface area contributed by atoms with Gasteiger partial charge in [0.05, 0.1) is 7.11 Å². The smallest absolute Gasteiger partial charge is 0.257 e. The van der Waals surface area contributed by atoms with Crippen molar-refractivity contribution >= 4 is 11.8 Å².